The highest BCUT2D eigenvalue weighted by atomic mass is 16.2. The fourth-order valence-corrected chi connectivity index (χ4v) is 1.05. The van der Waals surface area contributed by atoms with Gasteiger partial charge in [0.1, 0.15) is 0 Å². The van der Waals surface area contributed by atoms with Crippen LogP contribution in [0.2, 0.25) is 0 Å². The number of unbranched alkanes of at least 4 members (excludes halogenated alkanes) is 2. The van der Waals surface area contributed by atoms with E-state index in [0.29, 0.717) is 6.42 Å². The summed E-state index contributed by atoms with van der Waals surface area (Å²) in [5, 5.41) is 11.7. The third-order valence-corrected chi connectivity index (χ3v) is 1.79. The van der Waals surface area contributed by atoms with Crippen LogP contribution >= 0.6 is 0 Å². The minimum atomic E-state index is -0.234. The van der Waals surface area contributed by atoms with E-state index in [2.05, 4.69) is 5.32 Å². The summed E-state index contributed by atoms with van der Waals surface area (Å²) in [6.07, 6.45) is 4.29. The molecule has 4 N–H and O–H groups in total. The van der Waals surface area contributed by atoms with Crippen LogP contribution in [-0.4, -0.2) is 30.7 Å². The van der Waals surface area contributed by atoms with Crippen molar-refractivity contribution in [3.8, 4) is 0 Å². The lowest BCUT2D eigenvalue weighted by molar-refractivity contribution is -0.118. The van der Waals surface area contributed by atoms with Crippen LogP contribution in [0.4, 0.5) is 0 Å². The number of nitrogens with two attached hydrogens (primary N) is 1. The molecule has 4 nitrogen and oxygen atoms in total. The molecule has 0 heterocycles. The molecule has 0 aromatic rings. The molecule has 0 aromatic heterocycles. The molecule has 0 radical (unpaired) electrons. The van der Waals surface area contributed by atoms with E-state index in [1.54, 1.807) is 0 Å². The molecule has 0 rings (SSSR count). The molecule has 0 aliphatic heterocycles. The highest BCUT2D eigenvalue weighted by molar-refractivity contribution is 5.73. The van der Waals surface area contributed by atoms with Crippen LogP contribution in [0.15, 0.2) is 0 Å². The normalized spacial score (nSPS) is 10.2. The predicted octanol–water partition coefficient (Wildman–Crippen LogP) is 0.00410. The minimum absolute atomic E-state index is 0.234. The maximum absolute atomic E-state index is 10.3. The van der Waals surface area contributed by atoms with Crippen LogP contribution in [0.1, 0.15) is 32.1 Å². The lowest BCUT2D eigenvalue weighted by atomic mass is 10.2. The van der Waals surface area contributed by atoms with Crippen molar-refractivity contribution >= 4 is 5.91 Å². The number of rotatable bonds is 9. The van der Waals surface area contributed by atoms with Gasteiger partial charge >= 0.3 is 0 Å². The summed E-state index contributed by atoms with van der Waals surface area (Å²) in [6, 6.07) is 0. The molecule has 0 aromatic carbocycles. The predicted molar refractivity (Wildman–Crippen MR) is 52.2 cm³/mol. The van der Waals surface area contributed by atoms with Crippen LogP contribution in [-0.2, 0) is 4.79 Å². The fourth-order valence-electron chi connectivity index (χ4n) is 1.05. The van der Waals surface area contributed by atoms with Crippen molar-refractivity contribution in [3.63, 3.8) is 0 Å². The number of aliphatic hydroxyl groups is 1. The highest BCUT2D eigenvalue weighted by Gasteiger charge is 1.93. The van der Waals surface area contributed by atoms with Crippen molar-refractivity contribution in [1.82, 2.24) is 5.32 Å². The molecule has 78 valence electrons. The van der Waals surface area contributed by atoms with E-state index < -0.39 is 0 Å². The molecule has 0 saturated heterocycles. The molecule has 0 aliphatic rings. The average Bonchev–Trinajstić information content (AvgIpc) is 2.09. The maximum Gasteiger partial charge on any atom is 0.217 e. The number of hydrogen-bond donors (Lipinski definition) is 3. The molecule has 1 amide bonds. The third-order valence-electron chi connectivity index (χ3n) is 1.79. The van der Waals surface area contributed by atoms with Gasteiger partial charge in [-0.25, -0.2) is 0 Å². The number of aliphatic hydroxyl groups excluding tert-OH is 1. The zero-order valence-electron chi connectivity index (χ0n) is 8.09. The lowest BCUT2D eigenvalue weighted by Gasteiger charge is -2.02. The van der Waals surface area contributed by atoms with Crippen molar-refractivity contribution < 1.29 is 9.90 Å². The first-order chi connectivity index (χ1) is 6.27. The Hall–Kier alpha value is -0.610. The van der Waals surface area contributed by atoms with Gasteiger partial charge in [0.25, 0.3) is 0 Å². The van der Waals surface area contributed by atoms with Crippen molar-refractivity contribution in [1.29, 1.82) is 0 Å². The second-order valence-corrected chi connectivity index (χ2v) is 3.10. The molecule has 13 heavy (non-hydrogen) atoms. The lowest BCUT2D eigenvalue weighted by Crippen LogP contribution is -2.19. The summed E-state index contributed by atoms with van der Waals surface area (Å²) < 4.78 is 0. The van der Waals surface area contributed by atoms with Crippen LogP contribution in [0.5, 0.6) is 0 Å². The quantitative estimate of drug-likeness (QED) is 0.446. The van der Waals surface area contributed by atoms with Crippen LogP contribution in [0, 0.1) is 0 Å². The Morgan fingerprint density at radius 3 is 2.46 bits per heavy atom. The number of primary amides is 1. The number of amides is 1. The monoisotopic (exact) mass is 188 g/mol. The molecular formula is C9H20N2O2. The topological polar surface area (TPSA) is 75.4 Å². The minimum Gasteiger partial charge on any atom is -0.396 e. The molecule has 0 aliphatic carbocycles. The molecule has 0 bridgehead atoms. The highest BCUT2D eigenvalue weighted by Crippen LogP contribution is 1.92. The summed E-state index contributed by atoms with van der Waals surface area (Å²) in [6.45, 7) is 2.09. The number of carbonyl (C=O) groups excluding carboxylic acids is 1. The van der Waals surface area contributed by atoms with Crippen molar-refractivity contribution in [3.05, 3.63) is 0 Å². The zero-order valence-corrected chi connectivity index (χ0v) is 8.09. The SMILES string of the molecule is NC(=O)CCCNCCCCCO. The Labute approximate surface area is 79.5 Å². The Kier molecular flexibility index (Phi) is 9.03. The van der Waals surface area contributed by atoms with Crippen LogP contribution in [0.3, 0.4) is 0 Å². The second-order valence-electron chi connectivity index (χ2n) is 3.10. The average molecular weight is 188 g/mol. The first-order valence-corrected chi connectivity index (χ1v) is 4.87. The summed E-state index contributed by atoms with van der Waals surface area (Å²) in [7, 11) is 0. The molecule has 0 saturated carbocycles. The Morgan fingerprint density at radius 1 is 1.15 bits per heavy atom. The van der Waals surface area contributed by atoms with Gasteiger partial charge in [0.05, 0.1) is 0 Å². The van der Waals surface area contributed by atoms with Crippen molar-refractivity contribution in [2.45, 2.75) is 32.1 Å². The van der Waals surface area contributed by atoms with Gasteiger partial charge < -0.3 is 16.2 Å². The van der Waals surface area contributed by atoms with E-state index in [1.165, 1.54) is 0 Å². The summed E-state index contributed by atoms with van der Waals surface area (Å²) in [5.41, 5.74) is 4.98. The third kappa shape index (κ3) is 11.4. The molecule has 0 fully saturated rings. The van der Waals surface area contributed by atoms with Gasteiger partial charge in [0, 0.05) is 13.0 Å². The van der Waals surface area contributed by atoms with Crippen molar-refractivity contribution in [2.24, 2.45) is 5.73 Å². The summed E-state index contributed by atoms with van der Waals surface area (Å²) >= 11 is 0. The first-order valence-electron chi connectivity index (χ1n) is 4.87. The Balaban J connectivity index is 2.87. The molecule has 0 spiro atoms. The van der Waals surface area contributed by atoms with Gasteiger partial charge in [0.15, 0.2) is 0 Å². The molecule has 0 unspecified atom stereocenters. The van der Waals surface area contributed by atoms with Gasteiger partial charge in [-0.3, -0.25) is 4.79 Å². The summed E-state index contributed by atoms with van der Waals surface area (Å²) in [5.74, 6) is -0.234. The summed E-state index contributed by atoms with van der Waals surface area (Å²) in [4.78, 5) is 10.3. The van der Waals surface area contributed by atoms with E-state index in [9.17, 15) is 4.79 Å². The second kappa shape index (κ2) is 9.48. The molecule has 0 atom stereocenters. The number of hydrogen-bond acceptors (Lipinski definition) is 3. The molecule has 4 heteroatoms. The Bertz CT molecular complexity index is 129. The largest absolute Gasteiger partial charge is 0.396 e. The first kappa shape index (κ1) is 12.4. The van der Waals surface area contributed by atoms with E-state index in [0.717, 1.165) is 38.8 Å². The maximum atomic E-state index is 10.3. The van der Waals surface area contributed by atoms with Crippen molar-refractivity contribution in [2.75, 3.05) is 19.7 Å². The van der Waals surface area contributed by atoms with Gasteiger partial charge in [0.2, 0.25) is 5.91 Å². The van der Waals surface area contributed by atoms with E-state index >= 15 is 0 Å². The van der Waals surface area contributed by atoms with Gasteiger partial charge in [-0.15, -0.1) is 0 Å². The standard InChI is InChI=1S/C9H20N2O2/c10-9(13)5-4-7-11-6-2-1-3-8-12/h11-12H,1-8H2,(H2,10,13). The van der Waals surface area contributed by atoms with Gasteiger partial charge in [-0.2, -0.15) is 0 Å². The Morgan fingerprint density at radius 2 is 1.85 bits per heavy atom. The van der Waals surface area contributed by atoms with Gasteiger partial charge in [-0.1, -0.05) is 0 Å². The zero-order chi connectivity index (χ0) is 9.94. The van der Waals surface area contributed by atoms with Crippen LogP contribution in [0.25, 0.3) is 0 Å². The van der Waals surface area contributed by atoms with Crippen LogP contribution < -0.4 is 11.1 Å². The van der Waals surface area contributed by atoms with E-state index in [1.807, 2.05) is 0 Å². The van der Waals surface area contributed by atoms with E-state index in [4.69, 9.17) is 10.8 Å². The number of carbonyl (C=O) groups is 1. The fraction of sp³-hybridized carbons (Fsp3) is 0.889. The number of nitrogens with one attached hydrogen (secondary N) is 1. The van der Waals surface area contributed by atoms with Gasteiger partial charge in [-0.05, 0) is 38.8 Å². The smallest absolute Gasteiger partial charge is 0.217 e. The molecular weight excluding hydrogens is 168 g/mol. The van der Waals surface area contributed by atoms with E-state index in [-0.39, 0.29) is 12.5 Å².